The van der Waals surface area contributed by atoms with Crippen molar-refractivity contribution < 1.29 is 18.3 Å². The Morgan fingerprint density at radius 1 is 1.12 bits per heavy atom. The van der Waals surface area contributed by atoms with Crippen molar-refractivity contribution in [1.29, 1.82) is 0 Å². The number of nitrogens with zero attached hydrogens (tertiary/aromatic N) is 2. The first kappa shape index (κ1) is 18.2. The van der Waals surface area contributed by atoms with Gasteiger partial charge >= 0.3 is 0 Å². The summed E-state index contributed by atoms with van der Waals surface area (Å²) in [7, 11) is 0. The van der Waals surface area contributed by atoms with Gasteiger partial charge in [-0.25, -0.2) is 13.8 Å². The Morgan fingerprint density at radius 3 is 2.58 bits per heavy atom. The van der Waals surface area contributed by atoms with Crippen molar-refractivity contribution in [3.63, 3.8) is 0 Å². The zero-order valence-corrected chi connectivity index (χ0v) is 14.2. The summed E-state index contributed by atoms with van der Waals surface area (Å²) in [6, 6.07) is 6.76. The largest absolute Gasteiger partial charge is 0.379 e. The van der Waals surface area contributed by atoms with Gasteiger partial charge in [0, 0.05) is 37.9 Å². The Balaban J connectivity index is 1.49. The Kier molecular flexibility index (Phi) is 6.08. The summed E-state index contributed by atoms with van der Waals surface area (Å²) in [4.78, 5) is 18.4. The van der Waals surface area contributed by atoms with Crippen molar-refractivity contribution in [1.82, 2.24) is 15.2 Å². The fraction of sp³-hybridized carbons (Fsp3) is 0.333. The number of anilines is 2. The van der Waals surface area contributed by atoms with Gasteiger partial charge in [-0.15, -0.1) is 0 Å². The number of morpholine rings is 1. The quantitative estimate of drug-likeness (QED) is 0.824. The molecule has 3 rings (SSSR count). The lowest BCUT2D eigenvalue weighted by Crippen LogP contribution is -2.41. The molecule has 1 aromatic carbocycles. The molecule has 138 valence electrons. The number of rotatable bonds is 6. The number of nitrogens with one attached hydrogen (secondary N) is 2. The standard InChI is InChI=1S/C18H20F2N4O2/c19-15-3-1-13(11-16(15)20)23-14-2-4-17(22-12-14)18(25)21-5-6-24-7-9-26-10-8-24/h1-4,11-12,23H,5-10H2,(H,21,25). The second-order valence-corrected chi connectivity index (χ2v) is 5.90. The van der Waals surface area contributed by atoms with Gasteiger partial charge in [-0.2, -0.15) is 0 Å². The minimum absolute atomic E-state index is 0.252. The van der Waals surface area contributed by atoms with E-state index >= 15 is 0 Å². The van der Waals surface area contributed by atoms with Crippen LogP contribution in [0.25, 0.3) is 0 Å². The van der Waals surface area contributed by atoms with Crippen molar-refractivity contribution in [2.75, 3.05) is 44.7 Å². The molecular formula is C18H20F2N4O2. The van der Waals surface area contributed by atoms with Crippen LogP contribution >= 0.6 is 0 Å². The average Bonchev–Trinajstić information content (AvgIpc) is 2.66. The molecule has 0 aliphatic carbocycles. The van der Waals surface area contributed by atoms with E-state index in [0.29, 0.717) is 23.6 Å². The molecule has 0 atom stereocenters. The fourth-order valence-corrected chi connectivity index (χ4v) is 2.59. The first-order valence-corrected chi connectivity index (χ1v) is 8.38. The summed E-state index contributed by atoms with van der Waals surface area (Å²) in [5, 5.41) is 5.74. The van der Waals surface area contributed by atoms with E-state index in [1.165, 1.54) is 12.3 Å². The van der Waals surface area contributed by atoms with Crippen molar-refractivity contribution in [3.05, 3.63) is 53.9 Å². The van der Waals surface area contributed by atoms with Crippen LogP contribution in [-0.4, -0.2) is 55.2 Å². The number of pyridine rings is 1. The van der Waals surface area contributed by atoms with Crippen LogP contribution in [0, 0.1) is 11.6 Å². The number of amides is 1. The second kappa shape index (κ2) is 8.68. The van der Waals surface area contributed by atoms with Crippen LogP contribution in [0.2, 0.25) is 0 Å². The molecule has 1 saturated heterocycles. The summed E-state index contributed by atoms with van der Waals surface area (Å²) in [5.74, 6) is -2.09. The van der Waals surface area contributed by atoms with E-state index in [2.05, 4.69) is 20.5 Å². The maximum atomic E-state index is 13.2. The summed E-state index contributed by atoms with van der Waals surface area (Å²) < 4.78 is 31.4. The monoisotopic (exact) mass is 362 g/mol. The molecule has 1 aromatic heterocycles. The van der Waals surface area contributed by atoms with Crippen LogP contribution in [-0.2, 0) is 4.74 Å². The molecule has 1 aliphatic heterocycles. The van der Waals surface area contributed by atoms with Crippen LogP contribution in [0.15, 0.2) is 36.5 Å². The predicted molar refractivity (Wildman–Crippen MR) is 93.5 cm³/mol. The van der Waals surface area contributed by atoms with Gasteiger partial charge in [0.05, 0.1) is 25.1 Å². The first-order valence-electron chi connectivity index (χ1n) is 8.38. The Labute approximate surface area is 150 Å². The Hall–Kier alpha value is -2.58. The molecule has 1 amide bonds. The summed E-state index contributed by atoms with van der Waals surface area (Å²) >= 11 is 0. The molecule has 26 heavy (non-hydrogen) atoms. The normalized spacial score (nSPS) is 14.8. The van der Waals surface area contributed by atoms with Crippen LogP contribution in [0.3, 0.4) is 0 Å². The molecule has 2 aromatic rings. The smallest absolute Gasteiger partial charge is 0.269 e. The lowest BCUT2D eigenvalue weighted by atomic mass is 10.2. The summed E-state index contributed by atoms with van der Waals surface area (Å²) in [5.41, 5.74) is 1.26. The molecule has 1 aliphatic rings. The zero-order chi connectivity index (χ0) is 18.4. The summed E-state index contributed by atoms with van der Waals surface area (Å²) in [6.45, 7) is 4.50. The molecule has 6 nitrogen and oxygen atoms in total. The van der Waals surface area contributed by atoms with Crippen LogP contribution < -0.4 is 10.6 Å². The maximum Gasteiger partial charge on any atom is 0.269 e. The Bertz CT molecular complexity index is 749. The molecule has 0 saturated carbocycles. The van der Waals surface area contributed by atoms with Crippen molar-refractivity contribution in [2.45, 2.75) is 0 Å². The molecule has 1 fully saturated rings. The molecule has 2 N–H and O–H groups in total. The third-order valence-electron chi connectivity index (χ3n) is 4.02. The van der Waals surface area contributed by atoms with Gasteiger partial charge in [0.25, 0.3) is 5.91 Å². The number of halogens is 2. The maximum absolute atomic E-state index is 13.2. The van der Waals surface area contributed by atoms with Gasteiger partial charge in [0.15, 0.2) is 11.6 Å². The Morgan fingerprint density at radius 2 is 1.88 bits per heavy atom. The van der Waals surface area contributed by atoms with E-state index < -0.39 is 11.6 Å². The lowest BCUT2D eigenvalue weighted by Gasteiger charge is -2.26. The summed E-state index contributed by atoms with van der Waals surface area (Å²) in [6.07, 6.45) is 1.47. The molecule has 2 heterocycles. The van der Waals surface area contributed by atoms with E-state index in [0.717, 1.165) is 45.0 Å². The molecular weight excluding hydrogens is 342 g/mol. The average molecular weight is 362 g/mol. The van der Waals surface area contributed by atoms with Gasteiger partial charge in [0.1, 0.15) is 5.69 Å². The van der Waals surface area contributed by atoms with Gasteiger partial charge in [-0.05, 0) is 24.3 Å². The zero-order valence-electron chi connectivity index (χ0n) is 14.2. The van der Waals surface area contributed by atoms with E-state index in [-0.39, 0.29) is 5.91 Å². The molecule has 0 unspecified atom stereocenters. The highest BCUT2D eigenvalue weighted by Crippen LogP contribution is 2.18. The minimum Gasteiger partial charge on any atom is -0.379 e. The number of carbonyl (C=O) groups excluding carboxylic acids is 1. The number of hydrogen-bond donors (Lipinski definition) is 2. The topological polar surface area (TPSA) is 66.5 Å². The SMILES string of the molecule is O=C(NCCN1CCOCC1)c1ccc(Nc2ccc(F)c(F)c2)cn1. The van der Waals surface area contributed by atoms with Crippen molar-refractivity contribution in [3.8, 4) is 0 Å². The third-order valence-corrected chi connectivity index (χ3v) is 4.02. The second-order valence-electron chi connectivity index (χ2n) is 5.90. The molecule has 8 heteroatoms. The van der Waals surface area contributed by atoms with Crippen LogP contribution in [0.5, 0.6) is 0 Å². The minimum atomic E-state index is -0.931. The van der Waals surface area contributed by atoms with Crippen molar-refractivity contribution >= 4 is 17.3 Å². The van der Waals surface area contributed by atoms with Crippen LogP contribution in [0.1, 0.15) is 10.5 Å². The number of aromatic nitrogens is 1. The highest BCUT2D eigenvalue weighted by atomic mass is 19.2. The van der Waals surface area contributed by atoms with E-state index in [4.69, 9.17) is 4.74 Å². The fourth-order valence-electron chi connectivity index (χ4n) is 2.59. The van der Waals surface area contributed by atoms with Crippen LogP contribution in [0.4, 0.5) is 20.2 Å². The van der Waals surface area contributed by atoms with Crippen molar-refractivity contribution in [2.24, 2.45) is 0 Å². The lowest BCUT2D eigenvalue weighted by molar-refractivity contribution is 0.0383. The van der Waals surface area contributed by atoms with Gasteiger partial charge in [0.2, 0.25) is 0 Å². The third kappa shape index (κ3) is 4.96. The highest BCUT2D eigenvalue weighted by Gasteiger charge is 2.11. The molecule has 0 radical (unpaired) electrons. The van der Waals surface area contributed by atoms with Gasteiger partial charge < -0.3 is 15.4 Å². The number of benzene rings is 1. The number of ether oxygens (including phenoxy) is 1. The number of hydrogen-bond acceptors (Lipinski definition) is 5. The number of carbonyl (C=O) groups is 1. The van der Waals surface area contributed by atoms with Gasteiger partial charge in [-0.3, -0.25) is 9.69 Å². The highest BCUT2D eigenvalue weighted by molar-refractivity contribution is 5.92. The van der Waals surface area contributed by atoms with Gasteiger partial charge in [-0.1, -0.05) is 0 Å². The van der Waals surface area contributed by atoms with E-state index in [1.54, 1.807) is 12.1 Å². The van der Waals surface area contributed by atoms with E-state index in [1.807, 2.05) is 0 Å². The molecule has 0 bridgehead atoms. The predicted octanol–water partition coefficient (Wildman–Crippen LogP) is 2.17. The molecule has 0 spiro atoms. The van der Waals surface area contributed by atoms with E-state index in [9.17, 15) is 13.6 Å². The first-order chi connectivity index (χ1) is 12.6.